The molecular weight excluding hydrogens is 382 g/mol. The minimum absolute atomic E-state index is 0.00285. The molecule has 0 amide bonds. The third-order valence-electron chi connectivity index (χ3n) is 5.57. The Morgan fingerprint density at radius 3 is 1.96 bits per heavy atom. The Labute approximate surface area is 170 Å². The van der Waals surface area contributed by atoms with Crippen molar-refractivity contribution in [2.45, 2.75) is 75.3 Å². The summed E-state index contributed by atoms with van der Waals surface area (Å²) in [4.78, 5) is 0. The first-order valence-electron chi connectivity index (χ1n) is 9.89. The number of hydrogen-bond donors (Lipinski definition) is 12. The van der Waals surface area contributed by atoms with Crippen LogP contribution in [-0.2, 0) is 0 Å². The second-order valence-corrected chi connectivity index (χ2v) is 9.02. The van der Waals surface area contributed by atoms with Gasteiger partial charge in [-0.15, -0.1) is 0 Å². The van der Waals surface area contributed by atoms with E-state index < -0.39 is 0 Å². The van der Waals surface area contributed by atoms with Crippen LogP contribution in [-0.4, -0.2) is 66.6 Å². The second kappa shape index (κ2) is 8.91. The lowest BCUT2D eigenvalue weighted by molar-refractivity contribution is 0.198. The van der Waals surface area contributed by atoms with Gasteiger partial charge in [0.25, 0.3) is 0 Å². The van der Waals surface area contributed by atoms with Gasteiger partial charge in [-0.3, -0.25) is 20.7 Å². The largest absolute Gasteiger partial charge is 0.326 e. The molecule has 0 bridgehead atoms. The Morgan fingerprint density at radius 1 is 0.857 bits per heavy atom. The van der Waals surface area contributed by atoms with Crippen molar-refractivity contribution in [3.05, 3.63) is 0 Å². The molecular formula is C14H35N13S. The zero-order valence-corrected chi connectivity index (χ0v) is 17.5. The first kappa shape index (κ1) is 21.1. The quantitative estimate of drug-likeness (QED) is 0.0941. The third kappa shape index (κ3) is 5.93. The van der Waals surface area contributed by atoms with Crippen molar-refractivity contribution in [3.8, 4) is 0 Å². The van der Waals surface area contributed by atoms with E-state index in [1.165, 1.54) is 0 Å². The summed E-state index contributed by atoms with van der Waals surface area (Å²) in [5.41, 5.74) is 28.5. The van der Waals surface area contributed by atoms with Crippen molar-refractivity contribution >= 4 is 11.9 Å². The molecule has 4 rings (SSSR count). The number of nitrogens with one attached hydrogen (secondary N) is 11. The highest BCUT2D eigenvalue weighted by atomic mass is 32.2. The summed E-state index contributed by atoms with van der Waals surface area (Å²) < 4.78 is 3.57. The highest BCUT2D eigenvalue weighted by Gasteiger charge is 2.43. The van der Waals surface area contributed by atoms with E-state index >= 15 is 0 Å². The Morgan fingerprint density at radius 2 is 1.46 bits per heavy atom. The molecule has 13 nitrogen and oxygen atoms in total. The Hall–Kier alpha value is -0.170. The van der Waals surface area contributed by atoms with Crippen LogP contribution in [0.1, 0.15) is 20.8 Å². The predicted molar refractivity (Wildman–Crippen MR) is 109 cm³/mol. The van der Waals surface area contributed by atoms with Gasteiger partial charge in [0.2, 0.25) is 0 Å². The molecule has 0 radical (unpaired) electrons. The van der Waals surface area contributed by atoms with Crippen LogP contribution in [0.3, 0.4) is 0 Å². The molecule has 0 aromatic heterocycles. The molecule has 8 unspecified atom stereocenters. The maximum Gasteiger partial charge on any atom is 0.145 e. The number of hydrogen-bond acceptors (Lipinski definition) is 14. The van der Waals surface area contributed by atoms with E-state index in [4.69, 9.17) is 5.73 Å². The van der Waals surface area contributed by atoms with E-state index in [1.54, 1.807) is 11.9 Å². The minimum atomic E-state index is 0.00285. The van der Waals surface area contributed by atoms with Crippen molar-refractivity contribution in [1.29, 1.82) is 0 Å². The third-order valence-corrected chi connectivity index (χ3v) is 6.45. The van der Waals surface area contributed by atoms with E-state index in [1.807, 2.05) is 7.05 Å². The lowest BCUT2D eigenvalue weighted by Gasteiger charge is -2.41. The number of rotatable bonds is 14. The SMILES string of the molecule is CC(N)C(NSC1NN1)C(C)C(NC1NN1)C(NC1NN1C)C(C)NC1NN1. The number of nitrogens with two attached hydrogens (primary N) is 1. The minimum Gasteiger partial charge on any atom is -0.326 e. The molecule has 4 saturated heterocycles. The van der Waals surface area contributed by atoms with Crippen LogP contribution in [0.2, 0.25) is 0 Å². The summed E-state index contributed by atoms with van der Waals surface area (Å²) in [7, 11) is 2.03. The standard InChI is InChI=1S/C14H35N13S/c1-5(8(6(2)15)26-28-14-23-24-14)9(17-12-21-22-12)10(18-13-25-27(13)4)7(3)16-11-19-20-11/h5-14,16-26H,15H2,1-4H3. The zero-order chi connectivity index (χ0) is 19.8. The molecule has 4 fully saturated rings. The van der Waals surface area contributed by atoms with E-state index in [9.17, 15) is 0 Å². The summed E-state index contributed by atoms with van der Waals surface area (Å²) in [5.74, 6) is 0.251. The van der Waals surface area contributed by atoms with Gasteiger partial charge in [0.1, 0.15) is 24.4 Å². The maximum atomic E-state index is 6.38. The highest BCUT2D eigenvalue weighted by Crippen LogP contribution is 2.22. The Kier molecular flexibility index (Phi) is 6.70. The van der Waals surface area contributed by atoms with Crippen LogP contribution in [0, 0.1) is 5.92 Å². The van der Waals surface area contributed by atoms with Crippen LogP contribution in [0.4, 0.5) is 0 Å². The molecule has 0 spiro atoms. The average molecular weight is 418 g/mol. The van der Waals surface area contributed by atoms with Crippen LogP contribution in [0.5, 0.6) is 0 Å². The summed E-state index contributed by atoms with van der Waals surface area (Å²) in [5, 5.41) is 13.1. The van der Waals surface area contributed by atoms with Crippen molar-refractivity contribution in [3.63, 3.8) is 0 Å². The number of hydrazine groups is 4. The van der Waals surface area contributed by atoms with Gasteiger partial charge in [-0.1, -0.05) is 6.92 Å². The van der Waals surface area contributed by atoms with Crippen LogP contribution in [0.15, 0.2) is 0 Å². The van der Waals surface area contributed by atoms with Crippen molar-refractivity contribution in [1.82, 2.24) is 63.7 Å². The van der Waals surface area contributed by atoms with E-state index in [-0.39, 0.29) is 60.5 Å². The molecule has 162 valence electrons. The normalized spacial score (nSPS) is 33.8. The Balaban J connectivity index is 1.47. The molecule has 4 aliphatic heterocycles. The fraction of sp³-hybridized carbons (Fsp3) is 1.00. The first-order chi connectivity index (χ1) is 13.4. The monoisotopic (exact) mass is 417 g/mol. The molecule has 0 aromatic rings. The lowest BCUT2D eigenvalue weighted by Crippen LogP contribution is -2.65. The summed E-state index contributed by atoms with van der Waals surface area (Å²) >= 11 is 1.64. The van der Waals surface area contributed by atoms with E-state index in [0.717, 1.165) is 0 Å². The van der Waals surface area contributed by atoms with Gasteiger partial charge in [-0.2, -0.15) is 0 Å². The van der Waals surface area contributed by atoms with Crippen molar-refractivity contribution in [2.24, 2.45) is 11.7 Å². The molecule has 14 heteroatoms. The van der Waals surface area contributed by atoms with Gasteiger partial charge in [-0.25, -0.2) is 43.0 Å². The van der Waals surface area contributed by atoms with E-state index in [2.05, 4.69) is 84.4 Å². The van der Waals surface area contributed by atoms with Gasteiger partial charge in [0, 0.05) is 37.3 Å². The molecule has 4 aliphatic rings. The van der Waals surface area contributed by atoms with Crippen LogP contribution in [0.25, 0.3) is 0 Å². The summed E-state index contributed by atoms with van der Waals surface area (Å²) in [6.45, 7) is 6.53. The van der Waals surface area contributed by atoms with Gasteiger partial charge in [0.05, 0.1) is 0 Å². The fourth-order valence-electron chi connectivity index (χ4n) is 3.60. The lowest BCUT2D eigenvalue weighted by atomic mass is 9.83. The van der Waals surface area contributed by atoms with E-state index in [0.29, 0.717) is 0 Å². The topological polar surface area (TPSA) is 231 Å². The number of nitrogens with zero attached hydrogens (tertiary/aromatic N) is 1. The Bertz CT molecular complexity index is 513. The first-order valence-corrected chi connectivity index (χ1v) is 10.8. The van der Waals surface area contributed by atoms with Crippen LogP contribution >= 0.6 is 11.9 Å². The molecule has 4 heterocycles. The molecule has 0 aromatic carbocycles. The highest BCUT2D eigenvalue weighted by molar-refractivity contribution is 7.98. The maximum absolute atomic E-state index is 6.38. The zero-order valence-electron chi connectivity index (χ0n) is 16.7. The molecule has 13 N–H and O–H groups in total. The second-order valence-electron chi connectivity index (χ2n) is 8.07. The molecule has 8 atom stereocenters. The predicted octanol–water partition coefficient (Wildman–Crippen LogP) is -4.62. The molecule has 28 heavy (non-hydrogen) atoms. The van der Waals surface area contributed by atoms with Crippen LogP contribution < -0.4 is 64.4 Å². The molecule has 0 aliphatic carbocycles. The summed E-state index contributed by atoms with van der Waals surface area (Å²) in [6, 6.07) is 0.632. The average Bonchev–Trinajstić information content (AvgIpc) is 3.48. The fourth-order valence-corrected chi connectivity index (χ4v) is 4.51. The van der Waals surface area contributed by atoms with Gasteiger partial charge in [-0.05, 0) is 31.7 Å². The van der Waals surface area contributed by atoms with Crippen molar-refractivity contribution in [2.75, 3.05) is 7.05 Å². The van der Waals surface area contributed by atoms with Crippen molar-refractivity contribution < 1.29 is 0 Å². The van der Waals surface area contributed by atoms with Gasteiger partial charge >= 0.3 is 0 Å². The summed E-state index contributed by atoms with van der Waals surface area (Å²) in [6.07, 6.45) is 0.434. The molecule has 0 saturated carbocycles. The van der Waals surface area contributed by atoms with Gasteiger partial charge < -0.3 is 5.73 Å². The van der Waals surface area contributed by atoms with Gasteiger partial charge in [0.15, 0.2) is 0 Å². The smallest absolute Gasteiger partial charge is 0.145 e.